The molecule has 0 aliphatic rings. The van der Waals surface area contributed by atoms with Crippen molar-refractivity contribution in [2.75, 3.05) is 25.1 Å². The van der Waals surface area contributed by atoms with Gasteiger partial charge < -0.3 is 14.8 Å². The summed E-state index contributed by atoms with van der Waals surface area (Å²) in [6.07, 6.45) is 1.61. The van der Waals surface area contributed by atoms with Gasteiger partial charge >= 0.3 is 0 Å². The van der Waals surface area contributed by atoms with Crippen LogP contribution in [0.2, 0.25) is 5.02 Å². The third-order valence-corrected chi connectivity index (χ3v) is 6.88. The average Bonchev–Trinajstić information content (AvgIpc) is 2.81. The molecule has 2 aromatic carbocycles. The van der Waals surface area contributed by atoms with Gasteiger partial charge in [0.05, 0.1) is 37.2 Å². The predicted molar refractivity (Wildman–Crippen MR) is 126 cm³/mol. The molecule has 10 heteroatoms. The van der Waals surface area contributed by atoms with Crippen molar-refractivity contribution in [3.63, 3.8) is 0 Å². The number of nitrogens with one attached hydrogen (secondary N) is 1. The molecule has 0 radical (unpaired) electrons. The van der Waals surface area contributed by atoms with E-state index in [9.17, 15) is 13.2 Å². The summed E-state index contributed by atoms with van der Waals surface area (Å²) in [5.74, 6) is 0.0346. The summed E-state index contributed by atoms with van der Waals surface area (Å²) in [5.41, 5.74) is 1.58. The third-order valence-electron chi connectivity index (χ3n) is 4.79. The molecule has 0 spiro atoms. The van der Waals surface area contributed by atoms with Crippen LogP contribution in [-0.4, -0.2) is 40.1 Å². The molecular weight excluding hydrogens is 466 g/mol. The van der Waals surface area contributed by atoms with Gasteiger partial charge in [-0.1, -0.05) is 23.7 Å². The van der Waals surface area contributed by atoms with Crippen LogP contribution < -0.4 is 19.1 Å². The van der Waals surface area contributed by atoms with Crippen LogP contribution in [0.15, 0.2) is 65.7 Å². The quantitative estimate of drug-likeness (QED) is 0.493. The number of methoxy groups -OCH3 is 2. The lowest BCUT2D eigenvalue weighted by Crippen LogP contribution is -2.41. The van der Waals surface area contributed by atoms with Gasteiger partial charge in [0.2, 0.25) is 5.91 Å². The zero-order chi connectivity index (χ0) is 24.0. The first-order chi connectivity index (χ1) is 15.8. The van der Waals surface area contributed by atoms with Crippen LogP contribution in [0.4, 0.5) is 5.69 Å². The van der Waals surface area contributed by atoms with Crippen molar-refractivity contribution in [2.45, 2.75) is 18.4 Å². The van der Waals surface area contributed by atoms with E-state index in [0.717, 1.165) is 9.87 Å². The molecule has 1 heterocycles. The van der Waals surface area contributed by atoms with Gasteiger partial charge in [0.1, 0.15) is 22.9 Å². The fourth-order valence-electron chi connectivity index (χ4n) is 3.11. The van der Waals surface area contributed by atoms with Crippen molar-refractivity contribution in [2.24, 2.45) is 0 Å². The number of carbonyl (C=O) groups is 1. The monoisotopic (exact) mass is 489 g/mol. The summed E-state index contributed by atoms with van der Waals surface area (Å²) in [6, 6.07) is 14.6. The molecule has 8 nitrogen and oxygen atoms in total. The number of hydrogen-bond donors (Lipinski definition) is 1. The van der Waals surface area contributed by atoms with E-state index in [-0.39, 0.29) is 27.9 Å². The SMILES string of the molecule is COc1ccc(N(CC(=O)NCc2ccccn2)S(=O)(=O)c2cc(C)ccc2OC)cc1Cl. The number of nitrogens with zero attached hydrogens (tertiary/aromatic N) is 2. The van der Waals surface area contributed by atoms with Crippen LogP contribution in [0.3, 0.4) is 0 Å². The van der Waals surface area contributed by atoms with E-state index in [0.29, 0.717) is 11.4 Å². The maximum absolute atomic E-state index is 13.7. The number of aromatic nitrogens is 1. The Morgan fingerprint density at radius 2 is 1.79 bits per heavy atom. The number of benzene rings is 2. The van der Waals surface area contributed by atoms with Crippen molar-refractivity contribution in [3.8, 4) is 11.5 Å². The van der Waals surface area contributed by atoms with Gasteiger partial charge in [-0.05, 0) is 55.0 Å². The molecule has 1 aromatic heterocycles. The predicted octanol–water partition coefficient (Wildman–Crippen LogP) is 3.57. The molecule has 0 aliphatic heterocycles. The van der Waals surface area contributed by atoms with Crippen LogP contribution in [0.25, 0.3) is 0 Å². The lowest BCUT2D eigenvalue weighted by molar-refractivity contribution is -0.119. The van der Waals surface area contributed by atoms with Crippen LogP contribution in [0.1, 0.15) is 11.3 Å². The van der Waals surface area contributed by atoms with Gasteiger partial charge in [0.25, 0.3) is 10.0 Å². The van der Waals surface area contributed by atoms with Crippen LogP contribution in [0.5, 0.6) is 11.5 Å². The number of aryl methyl sites for hydroxylation is 1. The normalized spacial score (nSPS) is 11.0. The molecule has 33 heavy (non-hydrogen) atoms. The van der Waals surface area contributed by atoms with Crippen molar-refractivity contribution in [3.05, 3.63) is 77.1 Å². The molecule has 0 unspecified atom stereocenters. The van der Waals surface area contributed by atoms with Gasteiger partial charge in [-0.2, -0.15) is 0 Å². The second-order valence-corrected chi connectivity index (χ2v) is 9.32. The van der Waals surface area contributed by atoms with Gasteiger partial charge in [0.15, 0.2) is 0 Å². The molecule has 3 aromatic rings. The van der Waals surface area contributed by atoms with Crippen LogP contribution >= 0.6 is 11.6 Å². The van der Waals surface area contributed by atoms with Crippen molar-refractivity contribution >= 4 is 33.2 Å². The Balaban J connectivity index is 1.99. The number of anilines is 1. The number of ether oxygens (including phenoxy) is 2. The first-order valence-corrected chi connectivity index (χ1v) is 11.8. The second-order valence-electron chi connectivity index (χ2n) is 7.08. The van der Waals surface area contributed by atoms with Gasteiger partial charge in [-0.15, -0.1) is 0 Å². The van der Waals surface area contributed by atoms with Crippen molar-refractivity contribution in [1.82, 2.24) is 10.3 Å². The fourth-order valence-corrected chi connectivity index (χ4v) is 5.02. The maximum Gasteiger partial charge on any atom is 0.268 e. The molecule has 1 N–H and O–H groups in total. The minimum absolute atomic E-state index is 0.0607. The summed E-state index contributed by atoms with van der Waals surface area (Å²) < 4.78 is 38.9. The Morgan fingerprint density at radius 1 is 1.06 bits per heavy atom. The minimum atomic E-state index is -4.20. The van der Waals surface area contributed by atoms with Crippen molar-refractivity contribution in [1.29, 1.82) is 0 Å². The van der Waals surface area contributed by atoms with E-state index in [4.69, 9.17) is 21.1 Å². The second kappa shape index (κ2) is 10.5. The Labute approximate surface area is 198 Å². The highest BCUT2D eigenvalue weighted by Crippen LogP contribution is 2.34. The highest BCUT2D eigenvalue weighted by Gasteiger charge is 2.30. The minimum Gasteiger partial charge on any atom is -0.495 e. The average molecular weight is 490 g/mol. The van der Waals surface area contributed by atoms with Gasteiger partial charge in [-0.25, -0.2) is 8.42 Å². The number of rotatable bonds is 9. The number of halogens is 1. The number of amides is 1. The smallest absolute Gasteiger partial charge is 0.268 e. The molecule has 0 atom stereocenters. The molecule has 0 fully saturated rings. The summed E-state index contributed by atoms with van der Waals surface area (Å²) in [7, 11) is -1.36. The summed E-state index contributed by atoms with van der Waals surface area (Å²) in [4.78, 5) is 16.9. The fraction of sp³-hybridized carbons (Fsp3) is 0.217. The van der Waals surface area contributed by atoms with Crippen LogP contribution in [0, 0.1) is 6.92 Å². The third kappa shape index (κ3) is 5.74. The standard InChI is InChI=1S/C23H24ClN3O5S/c1-16-7-9-21(32-3)22(12-16)33(29,30)27(18-8-10-20(31-2)19(24)13-18)15-23(28)26-14-17-6-4-5-11-25-17/h4-13H,14-15H2,1-3H3,(H,26,28). The Kier molecular flexibility index (Phi) is 7.78. The van der Waals surface area contributed by atoms with E-state index in [1.165, 1.54) is 32.4 Å². The first-order valence-electron chi connectivity index (χ1n) is 9.93. The van der Waals surface area contributed by atoms with E-state index in [1.54, 1.807) is 49.5 Å². The van der Waals surface area contributed by atoms with Crippen molar-refractivity contribution < 1.29 is 22.7 Å². The first kappa shape index (κ1) is 24.3. The summed E-state index contributed by atoms with van der Waals surface area (Å²) in [5, 5.41) is 2.91. The largest absolute Gasteiger partial charge is 0.495 e. The molecule has 1 amide bonds. The molecule has 0 saturated carbocycles. The lowest BCUT2D eigenvalue weighted by atomic mass is 10.2. The maximum atomic E-state index is 13.7. The molecule has 0 bridgehead atoms. The highest BCUT2D eigenvalue weighted by atomic mass is 35.5. The summed E-state index contributed by atoms with van der Waals surface area (Å²) in [6.45, 7) is 1.45. The zero-order valence-corrected chi connectivity index (χ0v) is 20.0. The molecule has 174 valence electrons. The van der Waals surface area contributed by atoms with Crippen LogP contribution in [-0.2, 0) is 21.4 Å². The zero-order valence-electron chi connectivity index (χ0n) is 18.4. The lowest BCUT2D eigenvalue weighted by Gasteiger charge is -2.25. The van der Waals surface area contributed by atoms with E-state index < -0.39 is 22.5 Å². The molecular formula is C23H24ClN3O5S. The Hall–Kier alpha value is -3.30. The number of pyridine rings is 1. The molecule has 0 saturated heterocycles. The number of carbonyl (C=O) groups excluding carboxylic acids is 1. The van der Waals surface area contributed by atoms with E-state index in [1.807, 2.05) is 0 Å². The van der Waals surface area contributed by atoms with Gasteiger partial charge in [0, 0.05) is 6.20 Å². The topological polar surface area (TPSA) is 97.8 Å². The summed E-state index contributed by atoms with van der Waals surface area (Å²) >= 11 is 6.25. The highest BCUT2D eigenvalue weighted by molar-refractivity contribution is 7.93. The van der Waals surface area contributed by atoms with Gasteiger partial charge in [-0.3, -0.25) is 14.1 Å². The van der Waals surface area contributed by atoms with E-state index >= 15 is 0 Å². The number of hydrogen-bond acceptors (Lipinski definition) is 6. The van der Waals surface area contributed by atoms with E-state index in [2.05, 4.69) is 10.3 Å². The molecule has 3 rings (SSSR count). The molecule has 0 aliphatic carbocycles. The number of sulfonamides is 1. The Bertz CT molecular complexity index is 1240. The Morgan fingerprint density at radius 3 is 2.42 bits per heavy atom.